The Hall–Kier alpha value is -2.00. The quantitative estimate of drug-likeness (QED) is 0.627. The van der Waals surface area contributed by atoms with Crippen molar-refractivity contribution in [3.05, 3.63) is 41.0 Å². The molecular weight excluding hydrogens is 436 g/mol. The summed E-state index contributed by atoms with van der Waals surface area (Å²) in [7, 11) is 0. The molecule has 1 aliphatic heterocycles. The number of aliphatic hydroxyl groups is 1. The first-order chi connectivity index (χ1) is 14.1. The maximum Gasteiger partial charge on any atom is 0.243 e. The molecule has 1 fully saturated rings. The molecule has 0 saturated carbocycles. The van der Waals surface area contributed by atoms with Gasteiger partial charge in [0.2, 0.25) is 11.8 Å². The van der Waals surface area contributed by atoms with Gasteiger partial charge in [-0.05, 0) is 23.5 Å². The maximum absolute atomic E-state index is 12.8. The Morgan fingerprint density at radius 1 is 1.32 bits per heavy atom. The predicted molar refractivity (Wildman–Crippen MR) is 125 cm³/mol. The number of aliphatic hydroxyl groups excluding tert-OH is 1. The van der Waals surface area contributed by atoms with Crippen molar-refractivity contribution in [3.8, 4) is 10.4 Å². The van der Waals surface area contributed by atoms with Crippen molar-refractivity contribution in [2.75, 3.05) is 6.54 Å². The summed E-state index contributed by atoms with van der Waals surface area (Å²) in [4.78, 5) is 32.4. The maximum atomic E-state index is 12.8. The number of aromatic nitrogens is 1. The molecule has 3 unspecified atom stereocenters. The minimum Gasteiger partial charge on any atom is -0.391 e. The largest absolute Gasteiger partial charge is 0.391 e. The van der Waals surface area contributed by atoms with E-state index in [0.29, 0.717) is 6.54 Å². The zero-order valence-corrected chi connectivity index (χ0v) is 19.9. The summed E-state index contributed by atoms with van der Waals surface area (Å²) in [5.74, 6) is -0.577. The van der Waals surface area contributed by atoms with Gasteiger partial charge in [0.15, 0.2) is 0 Å². The number of benzene rings is 1. The van der Waals surface area contributed by atoms with E-state index in [1.165, 1.54) is 4.90 Å². The summed E-state index contributed by atoms with van der Waals surface area (Å²) in [5, 5.41) is 13.0. The molecule has 2 heterocycles. The molecule has 1 aromatic heterocycles. The van der Waals surface area contributed by atoms with Crippen LogP contribution in [0, 0.1) is 12.3 Å². The van der Waals surface area contributed by atoms with Gasteiger partial charge in [-0.1, -0.05) is 45.0 Å². The highest BCUT2D eigenvalue weighted by Crippen LogP contribution is 2.27. The second-order valence-corrected chi connectivity index (χ2v) is 9.78. The average Bonchev–Trinajstić information content (AvgIpc) is 3.30. The fraction of sp³-hybridized carbons (Fsp3) is 0.500. The molecule has 3 rings (SSSR count). The van der Waals surface area contributed by atoms with Gasteiger partial charge in [-0.25, -0.2) is 4.98 Å². The molecule has 1 aliphatic rings. The first-order valence-electron chi connectivity index (χ1n) is 10.1. The molecular formula is C22H31ClN4O3S. The van der Waals surface area contributed by atoms with Crippen molar-refractivity contribution in [3.63, 3.8) is 0 Å². The zero-order chi connectivity index (χ0) is 22.1. The predicted octanol–water partition coefficient (Wildman–Crippen LogP) is 2.49. The van der Waals surface area contributed by atoms with Gasteiger partial charge >= 0.3 is 0 Å². The average molecular weight is 467 g/mol. The van der Waals surface area contributed by atoms with E-state index < -0.39 is 23.6 Å². The van der Waals surface area contributed by atoms with Gasteiger partial charge in [0.05, 0.1) is 28.2 Å². The van der Waals surface area contributed by atoms with E-state index in [9.17, 15) is 14.7 Å². The van der Waals surface area contributed by atoms with Gasteiger partial charge in [0, 0.05) is 19.5 Å². The van der Waals surface area contributed by atoms with Crippen LogP contribution >= 0.6 is 23.7 Å². The van der Waals surface area contributed by atoms with E-state index in [4.69, 9.17) is 5.73 Å². The summed E-state index contributed by atoms with van der Waals surface area (Å²) < 4.78 is 0. The monoisotopic (exact) mass is 466 g/mol. The van der Waals surface area contributed by atoms with Crippen molar-refractivity contribution in [2.24, 2.45) is 11.1 Å². The van der Waals surface area contributed by atoms with Gasteiger partial charge in [-0.3, -0.25) is 9.59 Å². The molecule has 7 nitrogen and oxygen atoms in total. The molecule has 0 radical (unpaired) electrons. The minimum absolute atomic E-state index is 0. The third-order valence-electron chi connectivity index (χ3n) is 5.49. The van der Waals surface area contributed by atoms with Crippen molar-refractivity contribution in [1.29, 1.82) is 0 Å². The van der Waals surface area contributed by atoms with Crippen LogP contribution in [-0.4, -0.2) is 51.5 Å². The van der Waals surface area contributed by atoms with Gasteiger partial charge in [-0.2, -0.15) is 0 Å². The lowest BCUT2D eigenvalue weighted by molar-refractivity contribution is -0.141. The third kappa shape index (κ3) is 5.83. The van der Waals surface area contributed by atoms with Gasteiger partial charge in [0.25, 0.3) is 0 Å². The fourth-order valence-corrected chi connectivity index (χ4v) is 4.33. The highest BCUT2D eigenvalue weighted by molar-refractivity contribution is 7.13. The smallest absolute Gasteiger partial charge is 0.243 e. The number of nitrogens with two attached hydrogens (primary N) is 1. The first kappa shape index (κ1) is 25.3. The number of carbonyl (C=O) groups excluding carboxylic acids is 2. The Morgan fingerprint density at radius 2 is 1.97 bits per heavy atom. The van der Waals surface area contributed by atoms with E-state index >= 15 is 0 Å². The molecule has 4 N–H and O–H groups in total. The topological polar surface area (TPSA) is 109 Å². The first-order valence-corrected chi connectivity index (χ1v) is 11.0. The molecule has 2 aromatic rings. The lowest BCUT2D eigenvalue weighted by Crippen LogP contribution is -2.54. The fourth-order valence-electron chi connectivity index (χ4n) is 3.51. The van der Waals surface area contributed by atoms with Gasteiger partial charge in [-0.15, -0.1) is 23.7 Å². The number of halogens is 1. The van der Waals surface area contributed by atoms with Crippen LogP contribution < -0.4 is 11.1 Å². The van der Waals surface area contributed by atoms with Crippen molar-refractivity contribution in [2.45, 2.75) is 58.8 Å². The molecule has 2 amide bonds. The Bertz CT molecular complexity index is 910. The standard InChI is InChI=1S/C22H30N4O3S.ClH/c1-13-18(30-12-25-13)15-7-5-14(6-8-15)10-24-20(28)17-9-16(27)11-26(17)21(29)19(23)22(2,3)4;/h5-8,12,16-17,19,27H,9-11,23H2,1-4H3,(H,24,28);1H. The second-order valence-electron chi connectivity index (χ2n) is 8.92. The summed E-state index contributed by atoms with van der Waals surface area (Å²) in [6.45, 7) is 8.11. The molecule has 1 saturated heterocycles. The van der Waals surface area contributed by atoms with Gasteiger partial charge in [0.1, 0.15) is 6.04 Å². The van der Waals surface area contributed by atoms with E-state index in [2.05, 4.69) is 10.3 Å². The molecule has 31 heavy (non-hydrogen) atoms. The molecule has 0 spiro atoms. The number of rotatable bonds is 5. The molecule has 9 heteroatoms. The van der Waals surface area contributed by atoms with Crippen LogP contribution in [0.1, 0.15) is 38.4 Å². The second kappa shape index (κ2) is 10.1. The lowest BCUT2D eigenvalue weighted by atomic mass is 9.86. The van der Waals surface area contributed by atoms with E-state index in [1.807, 2.05) is 57.5 Å². The Balaban J connectivity index is 0.00000341. The van der Waals surface area contributed by atoms with E-state index in [0.717, 1.165) is 21.7 Å². The number of aryl methyl sites for hydroxylation is 1. The number of hydrogen-bond donors (Lipinski definition) is 3. The van der Waals surface area contributed by atoms with Crippen LogP contribution in [0.15, 0.2) is 29.8 Å². The van der Waals surface area contributed by atoms with Crippen LogP contribution in [0.25, 0.3) is 10.4 Å². The van der Waals surface area contributed by atoms with Crippen molar-refractivity contribution >= 4 is 35.6 Å². The number of thiazole rings is 1. The molecule has 0 aliphatic carbocycles. The van der Waals surface area contributed by atoms with Crippen LogP contribution in [0.2, 0.25) is 0 Å². The number of hydrogen-bond acceptors (Lipinski definition) is 6. The third-order valence-corrected chi connectivity index (χ3v) is 6.47. The molecule has 3 atom stereocenters. The van der Waals surface area contributed by atoms with E-state index in [1.54, 1.807) is 11.3 Å². The Labute approximate surface area is 193 Å². The number of nitrogens with one attached hydrogen (secondary N) is 1. The number of nitrogens with zero attached hydrogens (tertiary/aromatic N) is 2. The summed E-state index contributed by atoms with van der Waals surface area (Å²) in [6, 6.07) is 6.52. The normalized spacial score (nSPS) is 19.6. The summed E-state index contributed by atoms with van der Waals surface area (Å²) >= 11 is 1.60. The minimum atomic E-state index is -0.735. The van der Waals surface area contributed by atoms with Crippen LogP contribution in [0.4, 0.5) is 0 Å². The zero-order valence-electron chi connectivity index (χ0n) is 18.3. The highest BCUT2D eigenvalue weighted by Gasteiger charge is 2.42. The van der Waals surface area contributed by atoms with Crippen molar-refractivity contribution < 1.29 is 14.7 Å². The Kier molecular flexibility index (Phi) is 8.21. The summed E-state index contributed by atoms with van der Waals surface area (Å²) in [5.41, 5.74) is 10.6. The molecule has 1 aromatic carbocycles. The molecule has 170 valence electrons. The number of likely N-dealkylation sites (tertiary alicyclic amines) is 1. The number of carbonyl (C=O) groups is 2. The van der Waals surface area contributed by atoms with Gasteiger partial charge < -0.3 is 21.1 Å². The highest BCUT2D eigenvalue weighted by atomic mass is 35.5. The molecule has 0 bridgehead atoms. The van der Waals surface area contributed by atoms with Crippen LogP contribution in [0.5, 0.6) is 0 Å². The summed E-state index contributed by atoms with van der Waals surface area (Å²) in [6.07, 6.45) is -0.503. The van der Waals surface area contributed by atoms with E-state index in [-0.39, 0.29) is 37.2 Å². The number of amides is 2. The van der Waals surface area contributed by atoms with Crippen LogP contribution in [0.3, 0.4) is 0 Å². The van der Waals surface area contributed by atoms with Crippen molar-refractivity contribution in [1.82, 2.24) is 15.2 Å². The Morgan fingerprint density at radius 3 is 2.52 bits per heavy atom. The van der Waals surface area contributed by atoms with Crippen LogP contribution in [-0.2, 0) is 16.1 Å². The number of β-amino-alcohol motifs (C(OH)–C–C–N with tert-alkyl or cyclic N) is 1. The SMILES string of the molecule is Cc1ncsc1-c1ccc(CNC(=O)C2CC(O)CN2C(=O)C(N)C(C)(C)C)cc1.Cl. The lowest BCUT2D eigenvalue weighted by Gasteiger charge is -2.32.